The van der Waals surface area contributed by atoms with Gasteiger partial charge in [0, 0.05) is 16.7 Å². The fraction of sp³-hybridized carbons (Fsp3) is 0. The second-order valence-corrected chi connectivity index (χ2v) is 4.04. The molecule has 1 rings (SSSR count). The van der Waals surface area contributed by atoms with Crippen LogP contribution in [-0.2, 0) is 9.59 Å². The molecule has 0 saturated heterocycles. The van der Waals surface area contributed by atoms with Gasteiger partial charge < -0.3 is 15.9 Å². The number of aliphatic hydroxyl groups excluding tert-OH is 2. The van der Waals surface area contributed by atoms with Gasteiger partial charge in [-0.05, 0) is 24.3 Å². The molecular formula is C13H9ClN2O4. The van der Waals surface area contributed by atoms with E-state index in [0.717, 1.165) is 0 Å². The number of nitrogens with two attached hydrogens (primary N) is 1. The maximum Gasteiger partial charge on any atom is 0.263 e. The molecule has 0 fully saturated rings. The highest BCUT2D eigenvalue weighted by molar-refractivity contribution is 6.30. The van der Waals surface area contributed by atoms with Gasteiger partial charge in [-0.2, -0.15) is 5.26 Å². The molecule has 0 radical (unpaired) electrons. The number of halogens is 1. The van der Waals surface area contributed by atoms with Gasteiger partial charge in [0.05, 0.1) is 0 Å². The van der Waals surface area contributed by atoms with Crippen molar-refractivity contribution in [1.29, 1.82) is 5.26 Å². The van der Waals surface area contributed by atoms with E-state index >= 15 is 0 Å². The van der Waals surface area contributed by atoms with Crippen molar-refractivity contribution in [2.24, 2.45) is 5.73 Å². The van der Waals surface area contributed by atoms with Crippen LogP contribution in [0.2, 0.25) is 5.02 Å². The number of allylic oxidation sites excluding steroid dienone is 1. The van der Waals surface area contributed by atoms with E-state index < -0.39 is 28.8 Å². The topological polar surface area (TPSA) is 124 Å². The molecular weight excluding hydrogens is 284 g/mol. The van der Waals surface area contributed by atoms with Gasteiger partial charge in [0.2, 0.25) is 5.78 Å². The van der Waals surface area contributed by atoms with Gasteiger partial charge in [0.1, 0.15) is 11.8 Å². The van der Waals surface area contributed by atoms with Crippen LogP contribution >= 0.6 is 11.6 Å². The third-order valence-corrected chi connectivity index (χ3v) is 2.49. The first-order chi connectivity index (χ1) is 9.36. The number of ketones is 1. The summed E-state index contributed by atoms with van der Waals surface area (Å²) in [6, 6.07) is 7.18. The normalized spacial score (nSPS) is 12.3. The average Bonchev–Trinajstić information content (AvgIpc) is 2.39. The lowest BCUT2D eigenvalue weighted by Crippen LogP contribution is -2.17. The molecule has 0 heterocycles. The Morgan fingerprint density at radius 3 is 2.25 bits per heavy atom. The first kappa shape index (κ1) is 15.3. The van der Waals surface area contributed by atoms with E-state index in [1.807, 2.05) is 0 Å². The lowest BCUT2D eigenvalue weighted by Gasteiger charge is -2.01. The van der Waals surface area contributed by atoms with Gasteiger partial charge in [-0.15, -0.1) is 0 Å². The zero-order valence-corrected chi connectivity index (χ0v) is 10.8. The van der Waals surface area contributed by atoms with E-state index in [4.69, 9.17) is 22.6 Å². The van der Waals surface area contributed by atoms with Crippen molar-refractivity contribution in [3.63, 3.8) is 0 Å². The lowest BCUT2D eigenvalue weighted by molar-refractivity contribution is -0.116. The second-order valence-electron chi connectivity index (χ2n) is 3.60. The summed E-state index contributed by atoms with van der Waals surface area (Å²) in [5.41, 5.74) is 4.21. The van der Waals surface area contributed by atoms with Crippen LogP contribution in [0.5, 0.6) is 0 Å². The van der Waals surface area contributed by atoms with E-state index in [1.165, 1.54) is 30.3 Å². The zero-order chi connectivity index (χ0) is 15.3. The van der Waals surface area contributed by atoms with Crippen LogP contribution < -0.4 is 5.73 Å². The van der Waals surface area contributed by atoms with Crippen LogP contribution in [0.3, 0.4) is 0 Å². The van der Waals surface area contributed by atoms with E-state index in [2.05, 4.69) is 0 Å². The summed E-state index contributed by atoms with van der Waals surface area (Å²) < 4.78 is 0. The number of nitriles is 1. The third kappa shape index (κ3) is 3.60. The first-order valence-electron chi connectivity index (χ1n) is 5.21. The monoisotopic (exact) mass is 292 g/mol. The van der Waals surface area contributed by atoms with Crippen LogP contribution in [-0.4, -0.2) is 21.9 Å². The maximum absolute atomic E-state index is 11.6. The number of hydrogen-bond donors (Lipinski definition) is 3. The minimum atomic E-state index is -1.24. The van der Waals surface area contributed by atoms with E-state index in [-0.39, 0.29) is 5.56 Å². The molecule has 1 aromatic carbocycles. The van der Waals surface area contributed by atoms with Crippen molar-refractivity contribution < 1.29 is 19.8 Å². The molecule has 20 heavy (non-hydrogen) atoms. The minimum Gasteiger partial charge on any atom is -0.507 e. The summed E-state index contributed by atoms with van der Waals surface area (Å²) in [7, 11) is 0. The first-order valence-corrected chi connectivity index (χ1v) is 5.58. The standard InChI is InChI=1S/C13H9ClN2O4/c14-8-3-1-7(2-4-8)10(17)5-11(18)12(19)9(6-15)13(16)20/h1-5,17,19H,(H2,16,20)/b10-5?,12-9-. The fourth-order valence-corrected chi connectivity index (χ4v) is 1.37. The van der Waals surface area contributed by atoms with Gasteiger partial charge in [-0.1, -0.05) is 11.6 Å². The molecule has 0 saturated carbocycles. The number of hydrogen-bond acceptors (Lipinski definition) is 5. The lowest BCUT2D eigenvalue weighted by atomic mass is 10.1. The summed E-state index contributed by atoms with van der Waals surface area (Å²) in [4.78, 5) is 22.4. The molecule has 0 aromatic heterocycles. The average molecular weight is 293 g/mol. The highest BCUT2D eigenvalue weighted by Gasteiger charge is 2.17. The largest absolute Gasteiger partial charge is 0.507 e. The van der Waals surface area contributed by atoms with Crippen LogP contribution in [0.4, 0.5) is 0 Å². The van der Waals surface area contributed by atoms with Gasteiger partial charge in [-0.25, -0.2) is 0 Å². The molecule has 0 atom stereocenters. The Morgan fingerprint density at radius 2 is 1.80 bits per heavy atom. The molecule has 102 valence electrons. The molecule has 1 amide bonds. The molecule has 7 heteroatoms. The molecule has 1 aromatic rings. The number of carbonyl (C=O) groups is 2. The Bertz CT molecular complexity index is 654. The van der Waals surface area contributed by atoms with Crippen molar-refractivity contribution >= 4 is 29.1 Å². The summed E-state index contributed by atoms with van der Waals surface area (Å²) >= 11 is 5.66. The van der Waals surface area contributed by atoms with Crippen LogP contribution in [0.1, 0.15) is 5.56 Å². The smallest absolute Gasteiger partial charge is 0.263 e. The molecule has 0 unspecified atom stereocenters. The number of primary amides is 1. The van der Waals surface area contributed by atoms with Crippen LogP contribution in [0, 0.1) is 11.3 Å². The van der Waals surface area contributed by atoms with Crippen LogP contribution in [0.15, 0.2) is 41.7 Å². The molecule has 0 bridgehead atoms. The SMILES string of the molecule is N#C/C(C(N)=O)=C(/O)C(=O)C=C(O)c1ccc(Cl)cc1. The van der Waals surface area contributed by atoms with E-state index in [1.54, 1.807) is 0 Å². The number of benzene rings is 1. The number of nitrogens with zero attached hydrogens (tertiary/aromatic N) is 1. The Labute approximate surface area is 119 Å². The highest BCUT2D eigenvalue weighted by atomic mass is 35.5. The van der Waals surface area contributed by atoms with Gasteiger partial charge in [0.25, 0.3) is 5.91 Å². The molecule has 0 spiro atoms. The van der Waals surface area contributed by atoms with Gasteiger partial charge >= 0.3 is 0 Å². The van der Waals surface area contributed by atoms with E-state index in [0.29, 0.717) is 11.1 Å². The van der Waals surface area contributed by atoms with Gasteiger partial charge in [0.15, 0.2) is 11.3 Å². The summed E-state index contributed by atoms with van der Waals surface area (Å²) in [6.07, 6.45) is 0.666. The summed E-state index contributed by atoms with van der Waals surface area (Å²) in [5, 5.41) is 28.1. The predicted octanol–water partition coefficient (Wildman–Crippen LogP) is 1.63. The Kier molecular flexibility index (Phi) is 4.89. The number of rotatable bonds is 4. The van der Waals surface area contributed by atoms with Crippen molar-refractivity contribution in [3.8, 4) is 6.07 Å². The Morgan fingerprint density at radius 1 is 1.25 bits per heavy atom. The predicted molar refractivity (Wildman–Crippen MR) is 71.5 cm³/mol. The second kappa shape index (κ2) is 6.41. The van der Waals surface area contributed by atoms with Gasteiger partial charge in [-0.3, -0.25) is 9.59 Å². The fourth-order valence-electron chi connectivity index (χ4n) is 1.24. The van der Waals surface area contributed by atoms with Crippen molar-refractivity contribution in [2.45, 2.75) is 0 Å². The van der Waals surface area contributed by atoms with Crippen molar-refractivity contribution in [1.82, 2.24) is 0 Å². The molecule has 6 nitrogen and oxygen atoms in total. The van der Waals surface area contributed by atoms with Crippen molar-refractivity contribution in [2.75, 3.05) is 0 Å². The van der Waals surface area contributed by atoms with E-state index in [9.17, 15) is 19.8 Å². The Hall–Kier alpha value is -2.78. The zero-order valence-electron chi connectivity index (χ0n) is 10.0. The summed E-state index contributed by atoms with van der Waals surface area (Å²) in [6.45, 7) is 0. The summed E-state index contributed by atoms with van der Waals surface area (Å²) in [5.74, 6) is -3.94. The molecule has 0 aliphatic carbocycles. The highest BCUT2D eigenvalue weighted by Crippen LogP contribution is 2.16. The number of amides is 1. The minimum absolute atomic E-state index is 0.271. The Balaban J connectivity index is 3.11. The maximum atomic E-state index is 11.6. The molecule has 0 aliphatic heterocycles. The quantitative estimate of drug-likeness (QED) is 0.442. The third-order valence-electron chi connectivity index (χ3n) is 2.24. The van der Waals surface area contributed by atoms with Crippen molar-refractivity contribution in [3.05, 3.63) is 52.3 Å². The van der Waals surface area contributed by atoms with Crippen LogP contribution in [0.25, 0.3) is 5.76 Å². The molecule has 4 N–H and O–H groups in total. The number of carbonyl (C=O) groups excluding carboxylic acids is 2. The number of aliphatic hydroxyl groups is 2. The molecule has 0 aliphatic rings.